The lowest BCUT2D eigenvalue weighted by Crippen LogP contribution is -2.35. The van der Waals surface area contributed by atoms with Crippen LogP contribution >= 0.6 is 23.5 Å². The Balaban J connectivity index is 1.51. The van der Waals surface area contributed by atoms with Gasteiger partial charge in [0.2, 0.25) is 0 Å². The average molecular weight is 552 g/mol. The van der Waals surface area contributed by atoms with Crippen molar-refractivity contribution in [1.82, 2.24) is 9.47 Å². The van der Waals surface area contributed by atoms with Crippen LogP contribution in [-0.2, 0) is 14.3 Å². The molecule has 196 valence electrons. The summed E-state index contributed by atoms with van der Waals surface area (Å²) in [4.78, 5) is 50.6. The van der Waals surface area contributed by atoms with Crippen LogP contribution in [0.4, 0.5) is 10.5 Å². The van der Waals surface area contributed by atoms with Crippen molar-refractivity contribution in [2.75, 3.05) is 6.54 Å². The van der Waals surface area contributed by atoms with E-state index in [-0.39, 0.29) is 16.7 Å². The minimum absolute atomic E-state index is 0.0532. The number of aromatic nitrogens is 1. The summed E-state index contributed by atoms with van der Waals surface area (Å²) < 4.78 is 7.11. The number of thioether (sulfide) groups is 1. The zero-order chi connectivity index (χ0) is 27.6. The van der Waals surface area contributed by atoms with Crippen LogP contribution in [0.3, 0.4) is 0 Å². The molecule has 2 amide bonds. The van der Waals surface area contributed by atoms with Crippen molar-refractivity contribution >= 4 is 52.4 Å². The number of rotatable bonds is 8. The fourth-order valence-electron chi connectivity index (χ4n) is 3.97. The van der Waals surface area contributed by atoms with E-state index in [1.807, 2.05) is 44.2 Å². The van der Waals surface area contributed by atoms with Crippen LogP contribution in [0.25, 0.3) is 11.8 Å². The third kappa shape index (κ3) is 6.00. The molecule has 4 rings (SSSR count). The Morgan fingerprint density at radius 2 is 1.68 bits per heavy atom. The number of non-ortho nitro benzene ring substituents is 1. The van der Waals surface area contributed by atoms with E-state index in [0.29, 0.717) is 0 Å². The maximum Gasteiger partial charge on any atom is 0.326 e. The summed E-state index contributed by atoms with van der Waals surface area (Å²) in [5, 5.41) is 10.3. The lowest BCUT2D eigenvalue weighted by Gasteiger charge is -2.13. The normalized spacial score (nSPS) is 14.6. The molecule has 9 nitrogen and oxygen atoms in total. The number of ether oxygens (including phenoxy) is 1. The van der Waals surface area contributed by atoms with E-state index < -0.39 is 28.6 Å². The van der Waals surface area contributed by atoms with E-state index in [9.17, 15) is 24.5 Å². The smallest absolute Gasteiger partial charge is 0.326 e. The van der Waals surface area contributed by atoms with E-state index >= 15 is 0 Å². The first-order chi connectivity index (χ1) is 18.0. The van der Waals surface area contributed by atoms with Crippen LogP contribution in [-0.4, -0.2) is 44.2 Å². The van der Waals surface area contributed by atoms with E-state index in [4.69, 9.17) is 4.74 Å². The van der Waals surface area contributed by atoms with Crippen LogP contribution in [0.5, 0.6) is 0 Å². The molecule has 0 atom stereocenters. The summed E-state index contributed by atoms with van der Waals surface area (Å²) >= 11 is 2.31. The van der Waals surface area contributed by atoms with Crippen LogP contribution < -0.4 is 0 Å². The highest BCUT2D eigenvalue weighted by Gasteiger charge is 2.37. The average Bonchev–Trinajstić information content (AvgIpc) is 3.28. The Kier molecular flexibility index (Phi) is 8.08. The van der Waals surface area contributed by atoms with Crippen LogP contribution in [0.2, 0.25) is 0 Å². The van der Waals surface area contributed by atoms with Gasteiger partial charge in [-0.25, -0.2) is 0 Å². The van der Waals surface area contributed by atoms with Crippen molar-refractivity contribution in [2.24, 2.45) is 0 Å². The minimum Gasteiger partial charge on any atom is -0.462 e. The molecule has 0 bridgehead atoms. The Morgan fingerprint density at radius 3 is 2.26 bits per heavy atom. The number of hydrogen-bond donors (Lipinski definition) is 0. The molecule has 0 unspecified atom stereocenters. The first kappa shape index (κ1) is 27.2. The number of esters is 1. The summed E-state index contributed by atoms with van der Waals surface area (Å²) in [6, 6.07) is 16.3. The van der Waals surface area contributed by atoms with Crippen molar-refractivity contribution in [1.29, 1.82) is 0 Å². The van der Waals surface area contributed by atoms with Crippen molar-refractivity contribution in [2.45, 2.75) is 43.6 Å². The maximum absolute atomic E-state index is 12.8. The van der Waals surface area contributed by atoms with Gasteiger partial charge < -0.3 is 9.30 Å². The van der Waals surface area contributed by atoms with E-state index in [1.165, 1.54) is 23.9 Å². The molecular formula is C27H25N3O6S2. The minimum atomic E-state index is -0.628. The lowest BCUT2D eigenvalue weighted by atomic mass is 10.2. The molecule has 0 spiro atoms. The van der Waals surface area contributed by atoms with E-state index in [1.54, 1.807) is 32.1 Å². The number of nitrogens with zero attached hydrogens (tertiary/aromatic N) is 3. The molecule has 0 aliphatic carbocycles. The molecule has 1 saturated heterocycles. The standard InChI is InChI=1S/C27H25N3O6S2/c1-16(2)36-25(31)15-28-26(32)24(38-27(28)33)14-19-13-17(3)29(18(19)4)20-5-9-22(10-6-20)37-23-11-7-21(8-12-23)30(34)35/h5-14,16H,15H2,1-4H3/b24-14+. The molecule has 2 aromatic carbocycles. The first-order valence-electron chi connectivity index (χ1n) is 11.7. The number of benzene rings is 2. The van der Waals surface area contributed by atoms with Gasteiger partial charge in [-0.05, 0) is 93.6 Å². The maximum atomic E-state index is 12.8. The van der Waals surface area contributed by atoms with Crippen molar-refractivity contribution in [3.05, 3.63) is 86.6 Å². The van der Waals surface area contributed by atoms with E-state index in [2.05, 4.69) is 4.57 Å². The van der Waals surface area contributed by atoms with Crippen LogP contribution in [0, 0.1) is 24.0 Å². The molecule has 2 heterocycles. The number of amides is 2. The molecule has 1 aliphatic heterocycles. The molecular weight excluding hydrogens is 526 g/mol. The fourth-order valence-corrected chi connectivity index (χ4v) is 5.62. The Bertz CT molecular complexity index is 1440. The number of imide groups is 1. The molecule has 11 heteroatoms. The number of hydrogen-bond acceptors (Lipinski definition) is 8. The number of carbonyl (C=O) groups is 3. The zero-order valence-electron chi connectivity index (χ0n) is 21.2. The molecule has 3 aromatic rings. The molecule has 38 heavy (non-hydrogen) atoms. The Hall–Kier alpha value is -3.83. The second-order valence-corrected chi connectivity index (χ2v) is 11.0. The quantitative estimate of drug-likeness (QED) is 0.142. The van der Waals surface area contributed by atoms with Gasteiger partial charge in [0.25, 0.3) is 16.8 Å². The van der Waals surface area contributed by atoms with E-state index in [0.717, 1.165) is 49.1 Å². The second-order valence-electron chi connectivity index (χ2n) is 8.82. The number of nitro benzene ring substituents is 1. The summed E-state index contributed by atoms with van der Waals surface area (Å²) in [6.45, 7) is 6.88. The first-order valence-corrected chi connectivity index (χ1v) is 13.3. The Morgan fingerprint density at radius 1 is 1.08 bits per heavy atom. The lowest BCUT2D eigenvalue weighted by molar-refractivity contribution is -0.384. The van der Waals surface area contributed by atoms with Gasteiger partial charge in [0.05, 0.1) is 15.9 Å². The highest BCUT2D eigenvalue weighted by molar-refractivity contribution is 8.18. The predicted molar refractivity (Wildman–Crippen MR) is 146 cm³/mol. The Labute approximate surface area is 228 Å². The van der Waals surface area contributed by atoms with Gasteiger partial charge in [-0.1, -0.05) is 11.8 Å². The largest absolute Gasteiger partial charge is 0.462 e. The molecule has 0 saturated carbocycles. The van der Waals surface area contributed by atoms with Crippen molar-refractivity contribution in [3.63, 3.8) is 0 Å². The van der Waals surface area contributed by atoms with Crippen LogP contribution in [0.1, 0.15) is 30.8 Å². The second kappa shape index (κ2) is 11.3. The van der Waals surface area contributed by atoms with Gasteiger partial charge in [-0.15, -0.1) is 0 Å². The predicted octanol–water partition coefficient (Wildman–Crippen LogP) is 6.14. The van der Waals surface area contributed by atoms with Crippen molar-refractivity contribution in [3.8, 4) is 5.69 Å². The summed E-state index contributed by atoms with van der Waals surface area (Å²) in [5.41, 5.74) is 3.62. The highest BCUT2D eigenvalue weighted by atomic mass is 32.2. The summed E-state index contributed by atoms with van der Waals surface area (Å²) in [6.07, 6.45) is 1.34. The molecule has 0 radical (unpaired) electrons. The topological polar surface area (TPSA) is 112 Å². The van der Waals surface area contributed by atoms with Crippen LogP contribution in [0.15, 0.2) is 69.3 Å². The van der Waals surface area contributed by atoms with Gasteiger partial charge in [0, 0.05) is 39.0 Å². The fraction of sp³-hybridized carbons (Fsp3) is 0.222. The van der Waals surface area contributed by atoms with Gasteiger partial charge >= 0.3 is 5.97 Å². The van der Waals surface area contributed by atoms with Gasteiger partial charge in [-0.2, -0.15) is 0 Å². The summed E-state index contributed by atoms with van der Waals surface area (Å²) in [7, 11) is 0. The number of aryl methyl sites for hydroxylation is 1. The SMILES string of the molecule is Cc1cc(/C=C2/SC(=O)N(CC(=O)OC(C)C)C2=O)c(C)n1-c1ccc(Sc2ccc([N+](=O)[O-])cc2)cc1. The third-order valence-corrected chi connectivity index (χ3v) is 7.59. The number of nitro groups is 1. The van der Waals surface area contributed by atoms with Gasteiger partial charge in [-0.3, -0.25) is 29.4 Å². The monoisotopic (exact) mass is 551 g/mol. The molecule has 1 aliphatic rings. The number of carbonyl (C=O) groups excluding carboxylic acids is 3. The molecule has 0 N–H and O–H groups in total. The highest BCUT2D eigenvalue weighted by Crippen LogP contribution is 2.34. The summed E-state index contributed by atoms with van der Waals surface area (Å²) in [5.74, 6) is -1.14. The third-order valence-electron chi connectivity index (χ3n) is 5.66. The van der Waals surface area contributed by atoms with Gasteiger partial charge in [0.1, 0.15) is 6.54 Å². The van der Waals surface area contributed by atoms with Crippen molar-refractivity contribution < 1.29 is 24.0 Å². The zero-order valence-corrected chi connectivity index (χ0v) is 22.8. The molecule has 1 fully saturated rings. The molecule has 1 aromatic heterocycles. The van der Waals surface area contributed by atoms with Gasteiger partial charge in [0.15, 0.2) is 0 Å².